The molecule has 6 nitrogen and oxygen atoms in total. The quantitative estimate of drug-likeness (QED) is 0.747. The highest BCUT2D eigenvalue weighted by molar-refractivity contribution is 9.10. The first-order chi connectivity index (χ1) is 12.4. The van der Waals surface area contributed by atoms with E-state index < -0.39 is 0 Å². The van der Waals surface area contributed by atoms with Crippen molar-refractivity contribution >= 4 is 27.7 Å². The Kier molecular flexibility index (Phi) is 7.03. The lowest BCUT2D eigenvalue weighted by Gasteiger charge is -2.18. The van der Waals surface area contributed by atoms with Gasteiger partial charge in [0.2, 0.25) is 5.91 Å². The maximum Gasteiger partial charge on any atom is 0.251 e. The van der Waals surface area contributed by atoms with Crippen molar-refractivity contribution in [3.05, 3.63) is 58.1 Å². The predicted octanol–water partition coefficient (Wildman–Crippen LogP) is 2.85. The third kappa shape index (κ3) is 5.23. The van der Waals surface area contributed by atoms with Crippen molar-refractivity contribution in [3.8, 4) is 11.5 Å². The molecule has 0 saturated carbocycles. The lowest BCUT2D eigenvalue weighted by Crippen LogP contribution is -2.37. The fraction of sp³-hybridized carbons (Fsp3) is 0.263. The summed E-state index contributed by atoms with van der Waals surface area (Å²) >= 11 is 3.38. The van der Waals surface area contributed by atoms with Crippen molar-refractivity contribution in [1.29, 1.82) is 0 Å². The van der Waals surface area contributed by atoms with Crippen LogP contribution in [0.15, 0.2) is 46.9 Å². The number of hydrogen-bond acceptors (Lipinski definition) is 4. The number of benzene rings is 2. The number of hydrogen-bond donors (Lipinski definition) is 1. The van der Waals surface area contributed by atoms with Crippen LogP contribution in [-0.4, -0.2) is 44.5 Å². The summed E-state index contributed by atoms with van der Waals surface area (Å²) in [5, 5.41) is 2.63. The standard InChI is InChI=1S/C19H21BrN2O4/c1-22(12-13-4-7-15(20)8-5-13)18(23)11-21-19(24)14-6-9-16(25-2)17(10-14)26-3/h4-10H,11-12H2,1-3H3,(H,21,24). The molecule has 0 aliphatic carbocycles. The van der Waals surface area contributed by atoms with Crippen LogP contribution in [0.25, 0.3) is 0 Å². The summed E-state index contributed by atoms with van der Waals surface area (Å²) in [6.07, 6.45) is 0. The monoisotopic (exact) mass is 420 g/mol. The number of rotatable bonds is 7. The zero-order valence-corrected chi connectivity index (χ0v) is 16.5. The molecule has 26 heavy (non-hydrogen) atoms. The molecule has 1 N–H and O–H groups in total. The molecule has 0 fully saturated rings. The number of amides is 2. The average Bonchev–Trinajstić information content (AvgIpc) is 2.66. The molecule has 0 atom stereocenters. The topological polar surface area (TPSA) is 67.9 Å². The molecule has 0 aromatic heterocycles. The second kappa shape index (κ2) is 9.24. The Hall–Kier alpha value is -2.54. The Morgan fingerprint density at radius 2 is 1.69 bits per heavy atom. The van der Waals surface area contributed by atoms with Gasteiger partial charge in [-0.25, -0.2) is 0 Å². The smallest absolute Gasteiger partial charge is 0.251 e. The molecule has 0 radical (unpaired) electrons. The van der Waals surface area contributed by atoms with E-state index in [-0.39, 0.29) is 18.4 Å². The molecular weight excluding hydrogens is 400 g/mol. The molecule has 2 amide bonds. The van der Waals surface area contributed by atoms with Crippen molar-refractivity contribution in [2.75, 3.05) is 27.8 Å². The zero-order valence-electron chi connectivity index (χ0n) is 14.9. The number of likely N-dealkylation sites (N-methyl/N-ethyl adjacent to an activating group) is 1. The van der Waals surface area contributed by atoms with Gasteiger partial charge >= 0.3 is 0 Å². The van der Waals surface area contributed by atoms with Gasteiger partial charge in [0, 0.05) is 23.6 Å². The maximum atomic E-state index is 12.3. The van der Waals surface area contributed by atoms with Crippen molar-refractivity contribution in [2.45, 2.75) is 6.54 Å². The summed E-state index contributed by atoms with van der Waals surface area (Å²) in [4.78, 5) is 26.1. The SMILES string of the molecule is COc1ccc(C(=O)NCC(=O)N(C)Cc2ccc(Br)cc2)cc1OC. The Morgan fingerprint density at radius 1 is 1.04 bits per heavy atom. The molecule has 0 aliphatic heterocycles. The first-order valence-electron chi connectivity index (χ1n) is 7.93. The number of ether oxygens (including phenoxy) is 2. The number of nitrogens with zero attached hydrogens (tertiary/aromatic N) is 1. The Bertz CT molecular complexity index is 778. The second-order valence-electron chi connectivity index (χ2n) is 5.63. The van der Waals surface area contributed by atoms with Crippen LogP contribution in [0, 0.1) is 0 Å². The Morgan fingerprint density at radius 3 is 2.31 bits per heavy atom. The number of halogens is 1. The molecule has 2 aromatic rings. The van der Waals surface area contributed by atoms with Gasteiger partial charge in [-0.2, -0.15) is 0 Å². The Labute approximate surface area is 161 Å². The fourth-order valence-corrected chi connectivity index (χ4v) is 2.59. The van der Waals surface area contributed by atoms with E-state index in [0.717, 1.165) is 10.0 Å². The van der Waals surface area contributed by atoms with Gasteiger partial charge in [-0.3, -0.25) is 9.59 Å². The van der Waals surface area contributed by atoms with Crippen molar-refractivity contribution < 1.29 is 19.1 Å². The molecule has 0 aliphatic rings. The maximum absolute atomic E-state index is 12.3. The van der Waals surface area contributed by atoms with Crippen molar-refractivity contribution in [2.24, 2.45) is 0 Å². The van der Waals surface area contributed by atoms with Crippen LogP contribution in [0.3, 0.4) is 0 Å². The molecule has 138 valence electrons. The lowest BCUT2D eigenvalue weighted by atomic mass is 10.2. The largest absolute Gasteiger partial charge is 0.493 e. The summed E-state index contributed by atoms with van der Waals surface area (Å²) in [6.45, 7) is 0.387. The first kappa shape index (κ1) is 19.8. The average molecular weight is 421 g/mol. The minimum atomic E-state index is -0.351. The van der Waals surface area contributed by atoms with Crippen LogP contribution in [0.5, 0.6) is 11.5 Å². The summed E-state index contributed by atoms with van der Waals surface area (Å²) in [5.41, 5.74) is 1.40. The molecular formula is C19H21BrN2O4. The summed E-state index contributed by atoms with van der Waals surface area (Å²) in [5.74, 6) is 0.464. The van der Waals surface area contributed by atoms with E-state index >= 15 is 0 Å². The van der Waals surface area contributed by atoms with Crippen molar-refractivity contribution in [3.63, 3.8) is 0 Å². The highest BCUT2D eigenvalue weighted by Gasteiger charge is 2.14. The van der Waals surface area contributed by atoms with Gasteiger partial charge in [-0.05, 0) is 35.9 Å². The fourth-order valence-electron chi connectivity index (χ4n) is 2.32. The van der Waals surface area contributed by atoms with Gasteiger partial charge in [0.05, 0.1) is 20.8 Å². The van der Waals surface area contributed by atoms with E-state index in [9.17, 15) is 9.59 Å². The van der Waals surface area contributed by atoms with Gasteiger partial charge in [0.1, 0.15) is 0 Å². The van der Waals surface area contributed by atoms with E-state index in [1.165, 1.54) is 14.2 Å². The summed E-state index contributed by atoms with van der Waals surface area (Å²) in [7, 11) is 4.73. The molecule has 0 saturated heterocycles. The van der Waals surface area contributed by atoms with Crippen LogP contribution >= 0.6 is 15.9 Å². The van der Waals surface area contributed by atoms with E-state index in [4.69, 9.17) is 9.47 Å². The van der Waals surface area contributed by atoms with Crippen LogP contribution in [0.2, 0.25) is 0 Å². The zero-order chi connectivity index (χ0) is 19.1. The van der Waals surface area contributed by atoms with Gasteiger partial charge in [0.25, 0.3) is 5.91 Å². The number of nitrogens with one attached hydrogen (secondary N) is 1. The van der Waals surface area contributed by atoms with Crippen molar-refractivity contribution in [1.82, 2.24) is 10.2 Å². The highest BCUT2D eigenvalue weighted by atomic mass is 79.9. The van der Waals surface area contributed by atoms with E-state index in [0.29, 0.717) is 23.6 Å². The Balaban J connectivity index is 1.91. The van der Waals surface area contributed by atoms with Crippen LogP contribution in [-0.2, 0) is 11.3 Å². The molecule has 0 unspecified atom stereocenters. The van der Waals surface area contributed by atoms with Crippen LogP contribution in [0.4, 0.5) is 0 Å². The molecule has 0 heterocycles. The van der Waals surface area contributed by atoms with E-state index in [2.05, 4.69) is 21.2 Å². The third-order valence-corrected chi connectivity index (χ3v) is 4.33. The number of methoxy groups -OCH3 is 2. The molecule has 0 spiro atoms. The van der Waals surface area contributed by atoms with Gasteiger partial charge in [-0.1, -0.05) is 28.1 Å². The normalized spacial score (nSPS) is 10.2. The number of carbonyl (C=O) groups is 2. The van der Waals surface area contributed by atoms with E-state index in [1.807, 2.05) is 24.3 Å². The first-order valence-corrected chi connectivity index (χ1v) is 8.72. The molecule has 2 aromatic carbocycles. The van der Waals surface area contributed by atoms with Gasteiger partial charge < -0.3 is 19.7 Å². The molecule has 0 bridgehead atoms. The van der Waals surface area contributed by atoms with Gasteiger partial charge in [0.15, 0.2) is 11.5 Å². The summed E-state index contributed by atoms with van der Waals surface area (Å²) in [6, 6.07) is 12.6. The van der Waals surface area contributed by atoms with Crippen LogP contribution in [0.1, 0.15) is 15.9 Å². The van der Waals surface area contributed by atoms with Gasteiger partial charge in [-0.15, -0.1) is 0 Å². The predicted molar refractivity (Wildman–Crippen MR) is 102 cm³/mol. The second-order valence-corrected chi connectivity index (χ2v) is 6.54. The highest BCUT2D eigenvalue weighted by Crippen LogP contribution is 2.27. The number of carbonyl (C=O) groups excluding carboxylic acids is 2. The molecule has 2 rings (SSSR count). The van der Waals surface area contributed by atoms with Crippen LogP contribution < -0.4 is 14.8 Å². The minimum absolute atomic E-state index is 0.0831. The lowest BCUT2D eigenvalue weighted by molar-refractivity contribution is -0.129. The molecule has 7 heteroatoms. The minimum Gasteiger partial charge on any atom is -0.493 e. The third-order valence-electron chi connectivity index (χ3n) is 3.80. The van der Waals surface area contributed by atoms with E-state index in [1.54, 1.807) is 30.1 Å². The summed E-state index contributed by atoms with van der Waals surface area (Å²) < 4.78 is 11.3.